The van der Waals surface area contributed by atoms with Crippen LogP contribution in [0.15, 0.2) is 42.5 Å². The first-order chi connectivity index (χ1) is 16.8. The minimum atomic E-state index is -5.13. The molecule has 1 heterocycles. The van der Waals surface area contributed by atoms with Gasteiger partial charge in [-0.05, 0) is 43.3 Å². The minimum absolute atomic E-state index is 0.0488. The van der Waals surface area contributed by atoms with Gasteiger partial charge in [0.1, 0.15) is 22.5 Å². The number of carbonyl (C=O) groups excluding carboxylic acids is 2. The van der Waals surface area contributed by atoms with Gasteiger partial charge in [-0.1, -0.05) is 11.3 Å². The Morgan fingerprint density at radius 1 is 1.11 bits per heavy atom. The molecule has 3 aromatic rings. The van der Waals surface area contributed by atoms with Gasteiger partial charge in [0.2, 0.25) is 11.7 Å². The maximum Gasteiger partial charge on any atom is 0.573 e. The number of anilines is 3. The molecule has 0 aliphatic rings. The molecule has 8 nitrogen and oxygen atoms in total. The maximum atomic E-state index is 14.3. The van der Waals surface area contributed by atoms with Gasteiger partial charge in [-0.3, -0.25) is 9.59 Å². The summed E-state index contributed by atoms with van der Waals surface area (Å²) in [6, 6.07) is 5.93. The lowest BCUT2D eigenvalue weighted by Gasteiger charge is -2.27. The predicted octanol–water partition coefficient (Wildman–Crippen LogP) is 4.61. The standard InChI is InChI=1S/C21H16F6N4O4S/c1-9(18(29)33)31(11-4-7-14(13(22)8-11)35-21(25,26)27)20-30-17(28)16(36-20)15(32)10-2-5-12(6-3-10)34-19(23)24/h2-9,19H,28H2,1H3,(H2,29,33). The number of ether oxygens (including phenoxy) is 2. The second-order valence-electron chi connectivity index (χ2n) is 7.05. The molecule has 2 aromatic carbocycles. The molecular formula is C21H16F6N4O4S. The average molecular weight is 534 g/mol. The van der Waals surface area contributed by atoms with E-state index < -0.39 is 42.3 Å². The second kappa shape index (κ2) is 10.3. The van der Waals surface area contributed by atoms with Gasteiger partial charge in [0.05, 0.1) is 0 Å². The number of halogens is 6. The molecule has 0 bridgehead atoms. The average Bonchev–Trinajstić information content (AvgIpc) is 3.15. The monoisotopic (exact) mass is 534 g/mol. The number of rotatable bonds is 9. The Morgan fingerprint density at radius 3 is 2.28 bits per heavy atom. The lowest BCUT2D eigenvalue weighted by Crippen LogP contribution is -2.40. The summed E-state index contributed by atoms with van der Waals surface area (Å²) in [4.78, 5) is 29.8. The summed E-state index contributed by atoms with van der Waals surface area (Å²) in [6.07, 6.45) is -5.13. The van der Waals surface area contributed by atoms with E-state index in [2.05, 4.69) is 14.5 Å². The van der Waals surface area contributed by atoms with Crippen molar-refractivity contribution in [3.63, 3.8) is 0 Å². The quantitative estimate of drug-likeness (QED) is 0.304. The summed E-state index contributed by atoms with van der Waals surface area (Å²) in [5.74, 6) is -4.49. The Bertz CT molecular complexity index is 1270. The molecule has 1 atom stereocenters. The zero-order valence-corrected chi connectivity index (χ0v) is 18.9. The topological polar surface area (TPSA) is 121 Å². The number of nitrogens with zero attached hydrogens (tertiary/aromatic N) is 2. The molecule has 0 fully saturated rings. The van der Waals surface area contributed by atoms with Gasteiger partial charge in [-0.15, -0.1) is 13.2 Å². The molecule has 1 amide bonds. The normalized spacial score (nSPS) is 12.3. The largest absolute Gasteiger partial charge is 0.573 e. The van der Waals surface area contributed by atoms with E-state index in [-0.39, 0.29) is 32.8 Å². The number of aromatic nitrogens is 1. The van der Waals surface area contributed by atoms with Gasteiger partial charge in [0, 0.05) is 17.3 Å². The highest BCUT2D eigenvalue weighted by molar-refractivity contribution is 7.18. The van der Waals surface area contributed by atoms with Crippen LogP contribution in [0, 0.1) is 5.82 Å². The molecule has 0 aliphatic carbocycles. The first-order valence-corrected chi connectivity index (χ1v) is 10.6. The van der Waals surface area contributed by atoms with Crippen LogP contribution in [0.4, 0.5) is 43.0 Å². The Morgan fingerprint density at radius 2 is 1.75 bits per heavy atom. The summed E-state index contributed by atoms with van der Waals surface area (Å²) in [5, 5.41) is -0.0938. The lowest BCUT2D eigenvalue weighted by molar-refractivity contribution is -0.275. The summed E-state index contributed by atoms with van der Waals surface area (Å²) >= 11 is 0.694. The second-order valence-corrected chi connectivity index (χ2v) is 8.03. The number of amides is 1. The number of primary amides is 1. The van der Waals surface area contributed by atoms with Crippen molar-refractivity contribution in [2.75, 3.05) is 10.6 Å². The van der Waals surface area contributed by atoms with Gasteiger partial charge in [-0.25, -0.2) is 9.37 Å². The summed E-state index contributed by atoms with van der Waals surface area (Å²) in [6.45, 7) is -1.73. The molecule has 0 saturated heterocycles. The number of hydrogen-bond acceptors (Lipinski definition) is 8. The molecule has 1 unspecified atom stereocenters. The van der Waals surface area contributed by atoms with Gasteiger partial charge >= 0.3 is 13.0 Å². The van der Waals surface area contributed by atoms with Crippen LogP contribution in [0.2, 0.25) is 0 Å². The van der Waals surface area contributed by atoms with Crippen molar-refractivity contribution in [1.29, 1.82) is 0 Å². The first-order valence-electron chi connectivity index (χ1n) is 9.76. The van der Waals surface area contributed by atoms with E-state index >= 15 is 0 Å². The lowest BCUT2D eigenvalue weighted by atomic mass is 10.1. The van der Waals surface area contributed by atoms with Crippen molar-refractivity contribution in [1.82, 2.24) is 4.98 Å². The van der Waals surface area contributed by atoms with Crippen molar-refractivity contribution < 1.29 is 45.4 Å². The SMILES string of the molecule is CC(C(N)=O)N(c1ccc(OC(F)(F)F)c(F)c1)c1nc(N)c(C(=O)c2ccc(OC(F)F)cc2)s1. The predicted molar refractivity (Wildman–Crippen MR) is 117 cm³/mol. The van der Waals surface area contributed by atoms with Gasteiger partial charge in [0.15, 0.2) is 16.7 Å². The van der Waals surface area contributed by atoms with Crippen LogP contribution in [0.1, 0.15) is 22.2 Å². The summed E-state index contributed by atoms with van der Waals surface area (Å²) in [7, 11) is 0. The number of thiazole rings is 1. The van der Waals surface area contributed by atoms with Gasteiger partial charge in [-0.2, -0.15) is 8.78 Å². The van der Waals surface area contributed by atoms with Crippen LogP contribution in [0.5, 0.6) is 11.5 Å². The summed E-state index contributed by atoms with van der Waals surface area (Å²) in [5.41, 5.74) is 11.2. The van der Waals surface area contributed by atoms with Gasteiger partial charge < -0.3 is 25.8 Å². The zero-order valence-electron chi connectivity index (χ0n) is 18.1. The number of ketones is 1. The fourth-order valence-corrected chi connectivity index (χ4v) is 4.03. The zero-order chi connectivity index (χ0) is 26.8. The fraction of sp³-hybridized carbons (Fsp3) is 0.190. The highest BCUT2D eigenvalue weighted by Crippen LogP contribution is 2.38. The third-order valence-electron chi connectivity index (χ3n) is 4.61. The number of hydrogen-bond donors (Lipinski definition) is 2. The molecule has 0 spiro atoms. The van der Waals surface area contributed by atoms with E-state index in [0.717, 1.165) is 23.1 Å². The molecule has 0 radical (unpaired) electrons. The maximum absolute atomic E-state index is 14.3. The third kappa shape index (κ3) is 6.16. The number of benzene rings is 2. The van der Waals surface area contributed by atoms with Crippen molar-refractivity contribution in [3.05, 3.63) is 58.7 Å². The highest BCUT2D eigenvalue weighted by atomic mass is 32.1. The molecule has 4 N–H and O–H groups in total. The van der Waals surface area contributed by atoms with Crippen molar-refractivity contribution in [2.45, 2.75) is 25.9 Å². The molecule has 1 aromatic heterocycles. The number of nitrogen functional groups attached to an aromatic ring is 1. The van der Waals surface area contributed by atoms with E-state index in [9.17, 15) is 35.9 Å². The first kappa shape index (κ1) is 26.6. The Hall–Kier alpha value is -4.01. The number of carbonyl (C=O) groups is 2. The Labute approximate surface area is 203 Å². The number of nitrogens with two attached hydrogens (primary N) is 2. The molecule has 15 heteroatoms. The van der Waals surface area contributed by atoms with Gasteiger partial charge in [0.25, 0.3) is 0 Å². The van der Waals surface area contributed by atoms with Crippen molar-refractivity contribution in [3.8, 4) is 11.5 Å². The van der Waals surface area contributed by atoms with Crippen LogP contribution in [0.25, 0.3) is 0 Å². The third-order valence-corrected chi connectivity index (χ3v) is 5.68. The highest BCUT2D eigenvalue weighted by Gasteiger charge is 2.33. The minimum Gasteiger partial charge on any atom is -0.435 e. The fourth-order valence-electron chi connectivity index (χ4n) is 2.98. The van der Waals surface area contributed by atoms with E-state index in [4.69, 9.17) is 11.5 Å². The van der Waals surface area contributed by atoms with Crippen LogP contribution in [-0.2, 0) is 4.79 Å². The van der Waals surface area contributed by atoms with Crippen LogP contribution < -0.4 is 25.8 Å². The smallest absolute Gasteiger partial charge is 0.435 e. The van der Waals surface area contributed by atoms with E-state index in [1.54, 1.807) is 0 Å². The Balaban J connectivity index is 1.97. The molecule has 0 saturated carbocycles. The number of alkyl halides is 5. The molecular weight excluding hydrogens is 518 g/mol. The van der Waals surface area contributed by atoms with E-state index in [0.29, 0.717) is 23.5 Å². The van der Waals surface area contributed by atoms with Crippen molar-refractivity contribution in [2.24, 2.45) is 5.73 Å². The Kier molecular flexibility index (Phi) is 7.62. The molecule has 192 valence electrons. The summed E-state index contributed by atoms with van der Waals surface area (Å²) < 4.78 is 84.2. The molecule has 3 rings (SSSR count). The van der Waals surface area contributed by atoms with Crippen LogP contribution >= 0.6 is 11.3 Å². The molecule has 36 heavy (non-hydrogen) atoms. The molecule has 0 aliphatic heterocycles. The van der Waals surface area contributed by atoms with Crippen molar-refractivity contribution >= 4 is 39.7 Å². The van der Waals surface area contributed by atoms with E-state index in [1.165, 1.54) is 19.1 Å². The van der Waals surface area contributed by atoms with Crippen LogP contribution in [0.3, 0.4) is 0 Å². The van der Waals surface area contributed by atoms with E-state index in [1.807, 2.05) is 0 Å². The van der Waals surface area contributed by atoms with Crippen LogP contribution in [-0.4, -0.2) is 35.7 Å².